The molecule has 0 bridgehead atoms. The second-order valence-electron chi connectivity index (χ2n) is 5.54. The van der Waals surface area contributed by atoms with Gasteiger partial charge in [-0.3, -0.25) is 9.59 Å². The highest BCUT2D eigenvalue weighted by Gasteiger charge is 2.20. The van der Waals surface area contributed by atoms with Gasteiger partial charge >= 0.3 is 5.97 Å². The van der Waals surface area contributed by atoms with Crippen LogP contribution in [-0.4, -0.2) is 32.1 Å². The molecule has 1 aliphatic carbocycles. The van der Waals surface area contributed by atoms with Crippen LogP contribution in [-0.2, 0) is 20.7 Å². The Morgan fingerprint density at radius 2 is 2.00 bits per heavy atom. The minimum atomic E-state index is -0.278. The molecule has 2 rings (SSSR count). The predicted molar refractivity (Wildman–Crippen MR) is 87.1 cm³/mol. The maximum absolute atomic E-state index is 11.8. The van der Waals surface area contributed by atoms with Gasteiger partial charge in [-0.2, -0.15) is 0 Å². The zero-order chi connectivity index (χ0) is 16.5. The molecule has 0 spiro atoms. The molecule has 124 valence electrons. The molecule has 1 aromatic rings. The Labute approximate surface area is 136 Å². The second-order valence-corrected chi connectivity index (χ2v) is 5.54. The molecule has 0 aromatic heterocycles. The average Bonchev–Trinajstić information content (AvgIpc) is 2.61. The molecular formula is C18H23NO4. The van der Waals surface area contributed by atoms with Gasteiger partial charge in [-0.1, -0.05) is 24.3 Å². The van der Waals surface area contributed by atoms with E-state index in [9.17, 15) is 9.59 Å². The lowest BCUT2D eigenvalue weighted by atomic mass is 9.95. The van der Waals surface area contributed by atoms with Crippen LogP contribution < -0.4 is 10.1 Å². The summed E-state index contributed by atoms with van der Waals surface area (Å²) in [6, 6.07) is 7.69. The maximum atomic E-state index is 11.8. The smallest absolute Gasteiger partial charge is 0.309 e. The molecular weight excluding hydrogens is 294 g/mol. The Balaban J connectivity index is 1.62. The van der Waals surface area contributed by atoms with Crippen LogP contribution in [0.15, 0.2) is 36.4 Å². The van der Waals surface area contributed by atoms with E-state index in [-0.39, 0.29) is 24.4 Å². The first-order chi connectivity index (χ1) is 11.2. The number of rotatable bonds is 7. The van der Waals surface area contributed by atoms with E-state index in [2.05, 4.69) is 11.4 Å². The van der Waals surface area contributed by atoms with Crippen LogP contribution in [0, 0.1) is 5.92 Å². The monoisotopic (exact) mass is 317 g/mol. The fourth-order valence-electron chi connectivity index (χ4n) is 2.45. The van der Waals surface area contributed by atoms with E-state index in [4.69, 9.17) is 9.47 Å². The third-order valence-electron chi connectivity index (χ3n) is 3.84. The van der Waals surface area contributed by atoms with Crippen LogP contribution >= 0.6 is 0 Å². The molecule has 1 atom stereocenters. The first kappa shape index (κ1) is 17.1. The van der Waals surface area contributed by atoms with Gasteiger partial charge < -0.3 is 14.8 Å². The lowest BCUT2D eigenvalue weighted by Crippen LogP contribution is -2.31. The molecule has 0 radical (unpaired) electrons. The number of carbonyl (C=O) groups excluding carboxylic acids is 2. The number of hydrogen-bond acceptors (Lipinski definition) is 4. The van der Waals surface area contributed by atoms with Gasteiger partial charge in [-0.05, 0) is 43.4 Å². The topological polar surface area (TPSA) is 64.6 Å². The van der Waals surface area contributed by atoms with Crippen LogP contribution in [0.25, 0.3) is 0 Å². The number of allylic oxidation sites excluding steroid dienone is 2. The van der Waals surface area contributed by atoms with Crippen LogP contribution in [0.3, 0.4) is 0 Å². The summed E-state index contributed by atoms with van der Waals surface area (Å²) >= 11 is 0. The number of esters is 1. The van der Waals surface area contributed by atoms with Crippen molar-refractivity contribution in [1.82, 2.24) is 5.32 Å². The molecule has 1 N–H and O–H groups in total. The molecule has 1 aliphatic rings. The molecule has 1 aromatic carbocycles. The van der Waals surface area contributed by atoms with E-state index >= 15 is 0 Å². The zero-order valence-electron chi connectivity index (χ0n) is 13.4. The summed E-state index contributed by atoms with van der Waals surface area (Å²) in [5.41, 5.74) is 1.11. The molecule has 0 saturated heterocycles. The van der Waals surface area contributed by atoms with E-state index in [0.717, 1.165) is 30.6 Å². The summed E-state index contributed by atoms with van der Waals surface area (Å²) in [7, 11) is 1.63. The highest BCUT2D eigenvalue weighted by atomic mass is 16.5. The predicted octanol–water partition coefficient (Wildman–Crippen LogP) is 2.25. The van der Waals surface area contributed by atoms with Crippen molar-refractivity contribution in [1.29, 1.82) is 0 Å². The summed E-state index contributed by atoms with van der Waals surface area (Å²) in [5, 5.41) is 2.76. The van der Waals surface area contributed by atoms with Crippen molar-refractivity contribution in [2.45, 2.75) is 25.7 Å². The number of methoxy groups -OCH3 is 1. The Bertz CT molecular complexity index is 551. The van der Waals surface area contributed by atoms with Gasteiger partial charge in [0, 0.05) is 6.54 Å². The lowest BCUT2D eigenvalue weighted by molar-refractivity contribution is -0.152. The molecule has 5 nitrogen and oxygen atoms in total. The van der Waals surface area contributed by atoms with Crippen LogP contribution in [0.5, 0.6) is 5.75 Å². The fraction of sp³-hybridized carbons (Fsp3) is 0.444. The summed E-state index contributed by atoms with van der Waals surface area (Å²) in [6.45, 7) is 0.302. The number of benzene rings is 1. The third kappa shape index (κ3) is 5.77. The van der Waals surface area contributed by atoms with E-state index in [0.29, 0.717) is 13.0 Å². The van der Waals surface area contributed by atoms with E-state index in [1.165, 1.54) is 0 Å². The van der Waals surface area contributed by atoms with Crippen LogP contribution in [0.1, 0.15) is 24.8 Å². The van der Waals surface area contributed by atoms with Gasteiger partial charge in [0.1, 0.15) is 5.75 Å². The van der Waals surface area contributed by atoms with Crippen molar-refractivity contribution < 1.29 is 19.1 Å². The van der Waals surface area contributed by atoms with Gasteiger partial charge in [0.25, 0.3) is 5.91 Å². The van der Waals surface area contributed by atoms with Crippen molar-refractivity contribution in [3.8, 4) is 5.75 Å². The Morgan fingerprint density at radius 1 is 1.22 bits per heavy atom. The van der Waals surface area contributed by atoms with Gasteiger partial charge in [0.15, 0.2) is 6.61 Å². The quantitative estimate of drug-likeness (QED) is 0.619. The Hall–Kier alpha value is -2.30. The fourth-order valence-corrected chi connectivity index (χ4v) is 2.45. The van der Waals surface area contributed by atoms with E-state index in [1.807, 2.05) is 30.3 Å². The number of carbonyl (C=O) groups is 2. The van der Waals surface area contributed by atoms with Crippen LogP contribution in [0.4, 0.5) is 0 Å². The minimum absolute atomic E-state index is 0.105. The number of nitrogens with one attached hydrogen (secondary N) is 1. The van der Waals surface area contributed by atoms with Crippen molar-refractivity contribution in [3.05, 3.63) is 42.0 Å². The van der Waals surface area contributed by atoms with E-state index < -0.39 is 0 Å². The van der Waals surface area contributed by atoms with Crippen molar-refractivity contribution >= 4 is 11.9 Å². The summed E-state index contributed by atoms with van der Waals surface area (Å²) in [6.07, 6.45) is 7.18. The van der Waals surface area contributed by atoms with Crippen molar-refractivity contribution in [3.63, 3.8) is 0 Å². The highest BCUT2D eigenvalue weighted by molar-refractivity contribution is 5.81. The average molecular weight is 317 g/mol. The molecule has 0 fully saturated rings. The second kappa shape index (κ2) is 8.98. The number of hydrogen-bond donors (Lipinski definition) is 1. The summed E-state index contributed by atoms with van der Waals surface area (Å²) in [5.74, 6) is 0.159. The molecule has 23 heavy (non-hydrogen) atoms. The molecule has 0 saturated carbocycles. The van der Waals surface area contributed by atoms with Crippen molar-refractivity contribution in [2.24, 2.45) is 5.92 Å². The zero-order valence-corrected chi connectivity index (χ0v) is 13.4. The summed E-state index contributed by atoms with van der Waals surface area (Å²) < 4.78 is 10.2. The number of ether oxygens (including phenoxy) is 2. The molecule has 0 unspecified atom stereocenters. The Morgan fingerprint density at radius 3 is 2.65 bits per heavy atom. The third-order valence-corrected chi connectivity index (χ3v) is 3.84. The Kier molecular flexibility index (Phi) is 6.66. The normalized spacial score (nSPS) is 16.7. The van der Waals surface area contributed by atoms with E-state index in [1.54, 1.807) is 7.11 Å². The van der Waals surface area contributed by atoms with Gasteiger partial charge in [-0.25, -0.2) is 0 Å². The maximum Gasteiger partial charge on any atom is 0.309 e. The minimum Gasteiger partial charge on any atom is -0.497 e. The first-order valence-corrected chi connectivity index (χ1v) is 7.90. The largest absolute Gasteiger partial charge is 0.497 e. The van der Waals surface area contributed by atoms with Gasteiger partial charge in [-0.15, -0.1) is 0 Å². The SMILES string of the molecule is COc1ccc(CCNC(=O)COC(=O)[C@H]2CC=CCC2)cc1. The summed E-state index contributed by atoms with van der Waals surface area (Å²) in [4.78, 5) is 23.5. The van der Waals surface area contributed by atoms with Crippen molar-refractivity contribution in [2.75, 3.05) is 20.3 Å². The molecule has 1 amide bonds. The van der Waals surface area contributed by atoms with Crippen LogP contribution in [0.2, 0.25) is 0 Å². The first-order valence-electron chi connectivity index (χ1n) is 7.90. The standard InChI is InChI=1S/C18H23NO4/c1-22-16-9-7-14(8-10-16)11-12-19-17(20)13-23-18(21)15-5-3-2-4-6-15/h2-3,7-10,15H,4-6,11-13H2,1H3,(H,19,20)/t15-/m0/s1. The number of amides is 1. The molecule has 5 heteroatoms. The lowest BCUT2D eigenvalue weighted by Gasteiger charge is -2.16. The highest BCUT2D eigenvalue weighted by Crippen LogP contribution is 2.19. The van der Waals surface area contributed by atoms with Gasteiger partial charge in [0.05, 0.1) is 13.0 Å². The van der Waals surface area contributed by atoms with Gasteiger partial charge in [0.2, 0.25) is 0 Å². The molecule has 0 aliphatic heterocycles. The molecule has 0 heterocycles.